The summed E-state index contributed by atoms with van der Waals surface area (Å²) < 4.78 is -1.72. The normalized spacial score (nSPS) is 15.1. The van der Waals surface area contributed by atoms with E-state index < -0.39 is 3.79 Å². The van der Waals surface area contributed by atoms with E-state index in [9.17, 15) is 0 Å². The number of nitrogens with zero attached hydrogens (tertiary/aromatic N) is 4. The Morgan fingerprint density at radius 1 is 0.931 bits per heavy atom. The van der Waals surface area contributed by atoms with Crippen molar-refractivity contribution in [1.29, 1.82) is 0 Å². The van der Waals surface area contributed by atoms with Gasteiger partial charge in [0.2, 0.25) is 9.74 Å². The summed E-state index contributed by atoms with van der Waals surface area (Å²) in [6.07, 6.45) is 3.59. The van der Waals surface area contributed by atoms with Gasteiger partial charge in [0.25, 0.3) is 0 Å². The first-order valence-electron chi connectivity index (χ1n) is 9.78. The maximum absolute atomic E-state index is 6.08. The van der Waals surface area contributed by atoms with E-state index in [2.05, 4.69) is 31.2 Å². The van der Waals surface area contributed by atoms with Crippen molar-refractivity contribution in [1.82, 2.24) is 19.9 Å². The van der Waals surface area contributed by atoms with E-state index >= 15 is 0 Å². The predicted octanol–water partition coefficient (Wildman–Crippen LogP) is 5.42. The van der Waals surface area contributed by atoms with Gasteiger partial charge in [-0.05, 0) is 55.7 Å². The lowest BCUT2D eigenvalue weighted by molar-refractivity contribution is 0.337. The minimum Gasteiger partial charge on any atom is -0.354 e. The van der Waals surface area contributed by atoms with Gasteiger partial charge in [-0.1, -0.05) is 71.2 Å². The summed E-state index contributed by atoms with van der Waals surface area (Å²) in [6.45, 7) is 4.19. The summed E-state index contributed by atoms with van der Waals surface area (Å²) in [4.78, 5) is 15.8. The second-order valence-electron chi connectivity index (χ2n) is 7.19. The molecule has 1 N–H and O–H groups in total. The zero-order valence-corrected chi connectivity index (χ0v) is 18.2. The molecule has 1 aliphatic heterocycles. The van der Waals surface area contributed by atoms with E-state index in [1.165, 1.54) is 25.9 Å². The number of aromatic nitrogens is 3. The monoisotopic (exact) mass is 449 g/mol. The van der Waals surface area contributed by atoms with Crippen molar-refractivity contribution in [2.75, 3.05) is 31.5 Å². The lowest BCUT2D eigenvalue weighted by Crippen LogP contribution is -2.23. The number of alkyl halides is 3. The van der Waals surface area contributed by atoms with E-state index in [0.717, 1.165) is 35.8 Å². The van der Waals surface area contributed by atoms with Gasteiger partial charge in [0, 0.05) is 12.1 Å². The molecule has 0 unspecified atom stereocenters. The van der Waals surface area contributed by atoms with Crippen molar-refractivity contribution in [2.45, 2.75) is 23.1 Å². The van der Waals surface area contributed by atoms with Crippen LogP contribution >= 0.6 is 34.8 Å². The Morgan fingerprint density at radius 3 is 2.45 bits per heavy atom. The molecule has 0 bridgehead atoms. The lowest BCUT2D eigenvalue weighted by atomic mass is 10.1. The number of fused-ring (bicyclic) bond motifs is 1. The molecule has 1 aliphatic rings. The van der Waals surface area contributed by atoms with Crippen LogP contribution < -0.4 is 5.32 Å². The zero-order valence-electron chi connectivity index (χ0n) is 15.9. The Morgan fingerprint density at radius 2 is 1.69 bits per heavy atom. The third-order valence-corrected chi connectivity index (χ3v) is 5.54. The Balaban J connectivity index is 1.56. The van der Waals surface area contributed by atoms with E-state index in [-0.39, 0.29) is 5.82 Å². The van der Waals surface area contributed by atoms with E-state index in [1.54, 1.807) is 0 Å². The molecule has 29 heavy (non-hydrogen) atoms. The summed E-state index contributed by atoms with van der Waals surface area (Å²) in [5.74, 6) is 1.02. The van der Waals surface area contributed by atoms with Crippen LogP contribution in [0.2, 0.25) is 0 Å². The first-order chi connectivity index (χ1) is 14.0. The average Bonchev–Trinajstić information content (AvgIpc) is 3.23. The van der Waals surface area contributed by atoms with Gasteiger partial charge in [-0.2, -0.15) is 9.97 Å². The van der Waals surface area contributed by atoms with Crippen LogP contribution in [0.1, 0.15) is 25.1 Å². The highest BCUT2D eigenvalue weighted by molar-refractivity contribution is 6.66. The molecule has 0 spiro atoms. The van der Waals surface area contributed by atoms with Gasteiger partial charge < -0.3 is 10.2 Å². The molecule has 4 rings (SSSR count). The average molecular weight is 451 g/mol. The Kier molecular flexibility index (Phi) is 6.40. The number of hydrogen-bond acceptors (Lipinski definition) is 5. The van der Waals surface area contributed by atoms with Gasteiger partial charge in [-0.15, -0.1) is 0 Å². The van der Waals surface area contributed by atoms with E-state index in [0.29, 0.717) is 11.8 Å². The summed E-state index contributed by atoms with van der Waals surface area (Å²) in [5, 5.41) is 5.51. The van der Waals surface area contributed by atoms with Gasteiger partial charge in [0.05, 0.1) is 0 Å². The molecule has 1 aromatic heterocycles. The van der Waals surface area contributed by atoms with Crippen LogP contribution in [0, 0.1) is 0 Å². The number of hydrogen-bond donors (Lipinski definition) is 1. The Hall–Kier alpha value is -1.66. The van der Waals surface area contributed by atoms with Crippen LogP contribution in [0.5, 0.6) is 0 Å². The second-order valence-corrected chi connectivity index (χ2v) is 9.48. The Bertz CT molecular complexity index is 983. The second kappa shape index (κ2) is 9.00. The molecule has 1 fully saturated rings. The number of rotatable bonds is 6. The molecule has 1 saturated heterocycles. The smallest absolute Gasteiger partial charge is 0.250 e. The molecule has 8 heteroatoms. The first-order valence-corrected chi connectivity index (χ1v) is 10.9. The SMILES string of the molecule is ClC(Cl)(Cl)c1nc(NCCCN2CCCC2)nc(-c2ccc3ccccc3c2)n1. The van der Waals surface area contributed by atoms with Crippen molar-refractivity contribution in [3.8, 4) is 11.4 Å². The third-order valence-electron chi connectivity index (χ3n) is 5.03. The zero-order chi connectivity index (χ0) is 20.3. The van der Waals surface area contributed by atoms with Crippen LogP contribution in [-0.2, 0) is 3.79 Å². The minimum absolute atomic E-state index is 0.114. The highest BCUT2D eigenvalue weighted by Crippen LogP contribution is 2.37. The van der Waals surface area contributed by atoms with Crippen molar-refractivity contribution in [3.63, 3.8) is 0 Å². The number of likely N-dealkylation sites (tertiary alicyclic amines) is 1. The van der Waals surface area contributed by atoms with Crippen LogP contribution in [-0.4, -0.2) is 46.0 Å². The highest BCUT2D eigenvalue weighted by Gasteiger charge is 2.28. The maximum atomic E-state index is 6.08. The molecule has 0 radical (unpaired) electrons. The van der Waals surface area contributed by atoms with Crippen molar-refractivity contribution in [2.24, 2.45) is 0 Å². The molecular formula is C21H22Cl3N5. The van der Waals surface area contributed by atoms with Crippen LogP contribution in [0.3, 0.4) is 0 Å². The summed E-state index contributed by atoms with van der Waals surface area (Å²) >= 11 is 18.2. The fourth-order valence-electron chi connectivity index (χ4n) is 3.55. The fraction of sp³-hybridized carbons (Fsp3) is 0.381. The Labute approximate surface area is 185 Å². The molecule has 0 amide bonds. The fourth-order valence-corrected chi connectivity index (χ4v) is 3.80. The molecule has 5 nitrogen and oxygen atoms in total. The quantitative estimate of drug-likeness (QED) is 0.401. The van der Waals surface area contributed by atoms with Gasteiger partial charge in [0.1, 0.15) is 0 Å². The molecule has 0 aliphatic carbocycles. The van der Waals surface area contributed by atoms with Gasteiger partial charge in [-0.25, -0.2) is 4.98 Å². The van der Waals surface area contributed by atoms with Crippen molar-refractivity contribution >= 4 is 51.5 Å². The van der Waals surface area contributed by atoms with Crippen molar-refractivity contribution in [3.05, 3.63) is 48.3 Å². The number of benzene rings is 2. The van der Waals surface area contributed by atoms with Crippen LogP contribution in [0.25, 0.3) is 22.2 Å². The minimum atomic E-state index is -1.72. The van der Waals surface area contributed by atoms with Crippen molar-refractivity contribution < 1.29 is 0 Å². The molecule has 0 saturated carbocycles. The molecule has 152 valence electrons. The topological polar surface area (TPSA) is 53.9 Å². The highest BCUT2D eigenvalue weighted by atomic mass is 35.6. The standard InChI is InChI=1S/C21H22Cl3N5/c22-21(23,24)19-26-18(17-9-8-15-6-1-2-7-16(15)14-17)27-20(28-19)25-10-5-13-29-11-3-4-12-29/h1-2,6-9,14H,3-5,10-13H2,(H,25,26,27,28). The lowest BCUT2D eigenvalue weighted by Gasteiger charge is -2.15. The molecular weight excluding hydrogens is 429 g/mol. The summed E-state index contributed by atoms with van der Waals surface area (Å²) in [6, 6.07) is 14.2. The predicted molar refractivity (Wildman–Crippen MR) is 121 cm³/mol. The third kappa shape index (κ3) is 5.28. The van der Waals surface area contributed by atoms with Gasteiger partial charge >= 0.3 is 0 Å². The number of halogens is 3. The van der Waals surface area contributed by atoms with Crippen LogP contribution in [0.15, 0.2) is 42.5 Å². The molecule has 0 atom stereocenters. The molecule has 2 heterocycles. The maximum Gasteiger partial charge on any atom is 0.250 e. The molecule has 2 aromatic carbocycles. The molecule has 3 aromatic rings. The number of anilines is 1. The van der Waals surface area contributed by atoms with E-state index in [1.807, 2.05) is 36.4 Å². The summed E-state index contributed by atoms with van der Waals surface area (Å²) in [5.41, 5.74) is 0.849. The van der Waals surface area contributed by atoms with Gasteiger partial charge in [0.15, 0.2) is 11.6 Å². The largest absolute Gasteiger partial charge is 0.354 e. The summed E-state index contributed by atoms with van der Waals surface area (Å²) in [7, 11) is 0. The number of nitrogens with one attached hydrogen (secondary N) is 1. The van der Waals surface area contributed by atoms with Gasteiger partial charge in [-0.3, -0.25) is 0 Å². The van der Waals surface area contributed by atoms with Crippen LogP contribution in [0.4, 0.5) is 5.95 Å². The van der Waals surface area contributed by atoms with E-state index in [4.69, 9.17) is 34.8 Å². The first kappa shape index (κ1) is 20.6.